The van der Waals surface area contributed by atoms with Crippen LogP contribution in [0.3, 0.4) is 0 Å². The Labute approximate surface area is 674 Å². The van der Waals surface area contributed by atoms with Crippen molar-refractivity contribution >= 4 is 97.9 Å². The van der Waals surface area contributed by atoms with Gasteiger partial charge in [-0.15, -0.1) is 18.5 Å². The maximum absolute atomic E-state index is 6.61. The number of aryl methyl sites for hydroxylation is 2. The average Bonchev–Trinajstić information content (AvgIpc) is 1.65. The van der Waals surface area contributed by atoms with E-state index in [0.29, 0.717) is 22.9 Å². The van der Waals surface area contributed by atoms with Crippen LogP contribution in [0.4, 0.5) is 0 Å². The Bertz CT molecular complexity index is 3360. The summed E-state index contributed by atoms with van der Waals surface area (Å²) in [4.78, 5) is 0. The van der Waals surface area contributed by atoms with Crippen LogP contribution >= 0.6 is 50.2 Å². The van der Waals surface area contributed by atoms with E-state index in [-0.39, 0.29) is 163 Å². The molecule has 0 radical (unpaired) electrons. The molecular formula is C79H84Ar4O2P6. The van der Waals surface area contributed by atoms with Gasteiger partial charge in [0.25, 0.3) is 0 Å². The van der Waals surface area contributed by atoms with Gasteiger partial charge in [0.2, 0.25) is 0 Å². The Morgan fingerprint density at radius 3 is 1.08 bits per heavy atom. The molecule has 0 bridgehead atoms. The predicted molar refractivity (Wildman–Crippen MR) is 391 cm³/mol. The molecule has 12 heteroatoms. The monoisotopic (exact) mass is 1410 g/mol. The van der Waals surface area contributed by atoms with Gasteiger partial charge in [-0.25, -0.2) is 0 Å². The van der Waals surface area contributed by atoms with Crippen LogP contribution in [-0.2, 0) is 28.7 Å². The smallest absolute Gasteiger partial charge is 0.163 e. The van der Waals surface area contributed by atoms with Crippen molar-refractivity contribution in [1.29, 1.82) is 0 Å². The predicted octanol–water partition coefficient (Wildman–Crippen LogP) is 16.2. The number of fused-ring (bicyclic) bond motifs is 2. The Balaban J connectivity index is 0.000000194. The third-order valence-electron chi connectivity index (χ3n) is 17.4. The molecule has 91 heavy (non-hydrogen) atoms. The van der Waals surface area contributed by atoms with E-state index in [1.165, 1.54) is 86.3 Å². The van der Waals surface area contributed by atoms with Crippen LogP contribution in [0.1, 0.15) is 80.7 Å². The van der Waals surface area contributed by atoms with Crippen LogP contribution in [0, 0.1) is 151 Å². The van der Waals surface area contributed by atoms with Gasteiger partial charge in [-0.1, -0.05) is 293 Å². The summed E-state index contributed by atoms with van der Waals surface area (Å²) in [5.41, 5.74) is 9.77. The fourth-order valence-corrected chi connectivity index (χ4v) is 25.2. The molecule has 10 aromatic carbocycles. The minimum absolute atomic E-state index is 0. The first-order chi connectivity index (χ1) is 42.6. The molecule has 2 unspecified atom stereocenters. The van der Waals surface area contributed by atoms with Crippen molar-refractivity contribution in [1.82, 2.24) is 0 Å². The van der Waals surface area contributed by atoms with E-state index in [0.717, 1.165) is 12.3 Å². The molecule has 0 aromatic heterocycles. The maximum atomic E-state index is 6.61. The van der Waals surface area contributed by atoms with E-state index in [2.05, 4.69) is 325 Å². The summed E-state index contributed by atoms with van der Waals surface area (Å²) in [5.74, 6) is -0.0338. The van der Waals surface area contributed by atoms with Crippen molar-refractivity contribution in [3.05, 3.63) is 307 Å². The summed E-state index contributed by atoms with van der Waals surface area (Å²) < 4.78 is 13.2. The number of benzene rings is 10. The van der Waals surface area contributed by atoms with Crippen molar-refractivity contribution in [3.63, 3.8) is 0 Å². The molecule has 8 atom stereocenters. The van der Waals surface area contributed by atoms with Gasteiger partial charge in [0.1, 0.15) is 0 Å². The second-order valence-corrected chi connectivity index (χ2v) is 34.8. The summed E-state index contributed by atoms with van der Waals surface area (Å²) in [5, 5.41) is 12.8. The number of rotatable bonds is 16. The van der Waals surface area contributed by atoms with E-state index < -0.39 is 37.5 Å². The zero-order valence-corrected chi connectivity index (χ0v) is 61.1. The first-order valence-electron chi connectivity index (χ1n) is 31.2. The molecule has 0 spiro atoms. The van der Waals surface area contributed by atoms with Gasteiger partial charge in [-0.2, -0.15) is 0 Å². The SMILES string of the molecule is CC1(C)O[C@@H](CP(c2ccccc2)c2ccccc2)[C@H](CP(c2ccccc2)c2ccccc2)O1.C[C@H]([C@@H](C)P(c1ccccc1)c1ccccc1)P(c1ccccc1)c1ccccc1.Pc1ccc2c(c1[C@H]1c3ccccc3CC[C@H]1P)CCCC2.[Ar].[Ar].[Ar].[Ar]. The largest absolute Gasteiger partial charge is 0.344 e. The van der Waals surface area contributed by atoms with Gasteiger partial charge in [0.15, 0.2) is 5.79 Å². The average molecular weight is 1410 g/mol. The zero-order chi connectivity index (χ0) is 60.0. The normalized spacial score (nSPS) is 17.6. The Morgan fingerprint density at radius 2 is 0.714 bits per heavy atom. The van der Waals surface area contributed by atoms with Crippen molar-refractivity contribution < 1.29 is 160 Å². The van der Waals surface area contributed by atoms with E-state index in [4.69, 9.17) is 9.47 Å². The molecule has 1 aliphatic heterocycles. The van der Waals surface area contributed by atoms with E-state index >= 15 is 0 Å². The molecule has 1 fully saturated rings. The summed E-state index contributed by atoms with van der Waals surface area (Å²) >= 11 is 0. The second-order valence-electron chi connectivity index (χ2n) is 23.6. The van der Waals surface area contributed by atoms with Gasteiger partial charge in [0.05, 0.1) is 12.2 Å². The fraction of sp³-hybridized carbons (Fsp3) is 0.241. The Kier molecular flexibility index (Phi) is 33.9. The van der Waals surface area contributed by atoms with Crippen LogP contribution in [0.2, 0.25) is 0 Å². The van der Waals surface area contributed by atoms with Gasteiger partial charge < -0.3 is 9.47 Å². The van der Waals surface area contributed by atoms with Gasteiger partial charge in [-0.05, 0) is 177 Å². The Hall–Kier alpha value is -0.261. The quantitative estimate of drug-likeness (QED) is 0.0898. The van der Waals surface area contributed by atoms with Crippen molar-refractivity contribution in [2.45, 2.75) is 107 Å². The fourth-order valence-electron chi connectivity index (χ4n) is 13.2. The first kappa shape index (κ1) is 78.1. The molecule has 2 aliphatic carbocycles. The number of hydrogen-bond acceptors (Lipinski definition) is 2. The maximum Gasteiger partial charge on any atom is 0.163 e. The number of ether oxygens (including phenoxy) is 2. The van der Waals surface area contributed by atoms with Crippen LogP contribution in [-0.4, -0.2) is 47.3 Å². The molecule has 474 valence electrons. The van der Waals surface area contributed by atoms with Crippen LogP contribution in [0.15, 0.2) is 279 Å². The van der Waals surface area contributed by atoms with Crippen molar-refractivity contribution in [2.24, 2.45) is 0 Å². The zero-order valence-electron chi connectivity index (χ0n) is 52.4. The van der Waals surface area contributed by atoms with E-state index in [9.17, 15) is 0 Å². The van der Waals surface area contributed by atoms with Crippen molar-refractivity contribution in [3.8, 4) is 0 Å². The summed E-state index contributed by atoms with van der Waals surface area (Å²) in [6.45, 7) is 9.05. The van der Waals surface area contributed by atoms with Gasteiger partial charge in [0, 0.05) is 169 Å². The molecule has 2 nitrogen and oxygen atoms in total. The molecule has 0 saturated carbocycles. The third kappa shape index (κ3) is 20.9. The molecule has 0 N–H and O–H groups in total. The number of hydrogen-bond donors (Lipinski definition) is 0. The van der Waals surface area contributed by atoms with Crippen LogP contribution < -0.4 is 47.7 Å². The second kappa shape index (κ2) is 39.5. The molecule has 10 aromatic rings. The summed E-state index contributed by atoms with van der Waals surface area (Å²) in [6.07, 6.45) is 9.71. The summed E-state index contributed by atoms with van der Waals surface area (Å²) in [7, 11) is 4.14. The van der Waals surface area contributed by atoms with Gasteiger partial charge in [-0.3, -0.25) is 0 Å². The molecular weight excluding hydrogens is 1330 g/mol. The van der Waals surface area contributed by atoms with Crippen LogP contribution in [0.25, 0.3) is 0 Å². The van der Waals surface area contributed by atoms with E-state index in [1.807, 2.05) is 0 Å². The first-order valence-corrected chi connectivity index (χ1v) is 38.3. The van der Waals surface area contributed by atoms with E-state index in [1.54, 1.807) is 27.8 Å². The Morgan fingerprint density at radius 1 is 0.396 bits per heavy atom. The minimum atomic E-state index is -0.585. The topological polar surface area (TPSA) is 18.5 Å². The minimum Gasteiger partial charge on any atom is -0.344 e. The molecule has 0 amide bonds. The standard InChI is InChI=1S/C31H32O2P2.C28H28P2.C20H24P2.4Ar/c1-31(2)32-29(23-34(25-15-7-3-8-16-25)26-17-9-4-10-18-26)30(33-31)24-35(27-19-11-5-12-20-27)28-21-13-6-14-22-28;1-23(29(25-15-7-3-8-16-25)26-17-9-4-10-18-26)24(2)30(27-19-11-5-12-20-27)28-21-13-6-14-22-28;21-17-11-9-13-5-1-3-7-15(13)19(17)20-16-8-4-2-6-14(16)10-12-18(20)22;;;;/h3-22,29-30H,23-24H2,1-2H3;3-24H,1-2H3;1,3,5,7,10,12,17,19H,2,4,6,8-9,11,21-22H2;;;;/t29-,30-;23-,24-;17-,19+;;;;/m011..../s1. The molecule has 3 aliphatic rings. The van der Waals surface area contributed by atoms with Gasteiger partial charge >= 0.3 is 0 Å². The van der Waals surface area contributed by atoms with Crippen molar-refractivity contribution in [2.75, 3.05) is 12.3 Å². The van der Waals surface area contributed by atoms with Crippen LogP contribution in [0.5, 0.6) is 0 Å². The molecule has 1 heterocycles. The molecule has 1 saturated heterocycles. The third-order valence-corrected chi connectivity index (χ3v) is 30.0. The molecule has 13 rings (SSSR count). The summed E-state index contributed by atoms with van der Waals surface area (Å²) in [6, 6.07) is 102.